The van der Waals surface area contributed by atoms with Crippen LogP contribution in [0.4, 0.5) is 0 Å². The topological polar surface area (TPSA) is 44.5 Å². The Labute approximate surface area is 168 Å². The molecular formula is C23H20ClNO3. The third kappa shape index (κ3) is 3.69. The molecule has 1 aromatic heterocycles. The summed E-state index contributed by atoms with van der Waals surface area (Å²) in [5, 5.41) is 5.94. The van der Waals surface area contributed by atoms with Crippen LogP contribution < -0.4 is 9.47 Å². The zero-order chi connectivity index (χ0) is 19.5. The molecule has 0 unspecified atom stereocenters. The van der Waals surface area contributed by atoms with Crippen LogP contribution in [0, 0.1) is 0 Å². The van der Waals surface area contributed by atoms with Gasteiger partial charge in [-0.15, -0.1) is 0 Å². The van der Waals surface area contributed by atoms with Crippen molar-refractivity contribution in [3.63, 3.8) is 0 Å². The van der Waals surface area contributed by atoms with E-state index in [9.17, 15) is 0 Å². The van der Waals surface area contributed by atoms with E-state index in [4.69, 9.17) is 25.6 Å². The van der Waals surface area contributed by atoms with Crippen LogP contribution in [0.2, 0.25) is 5.02 Å². The van der Waals surface area contributed by atoms with E-state index >= 15 is 0 Å². The number of ether oxygens (including phenoxy) is 2. The Balaban J connectivity index is 1.74. The second-order valence-corrected chi connectivity index (χ2v) is 6.95. The first kappa shape index (κ1) is 18.4. The van der Waals surface area contributed by atoms with Gasteiger partial charge in [0.1, 0.15) is 22.9 Å². The van der Waals surface area contributed by atoms with Crippen molar-refractivity contribution in [2.24, 2.45) is 0 Å². The van der Waals surface area contributed by atoms with Gasteiger partial charge in [-0.25, -0.2) is 0 Å². The van der Waals surface area contributed by atoms with Gasteiger partial charge in [-0.1, -0.05) is 30.1 Å². The molecule has 0 radical (unpaired) electrons. The molecule has 0 fully saturated rings. The largest absolute Gasteiger partial charge is 0.497 e. The molecule has 0 spiro atoms. The monoisotopic (exact) mass is 393 g/mol. The maximum absolute atomic E-state index is 5.99. The van der Waals surface area contributed by atoms with Gasteiger partial charge in [0.05, 0.1) is 12.5 Å². The van der Waals surface area contributed by atoms with Gasteiger partial charge >= 0.3 is 0 Å². The highest BCUT2D eigenvalue weighted by Crippen LogP contribution is 2.35. The number of hydrogen-bond acceptors (Lipinski definition) is 4. The molecule has 0 N–H and O–H groups in total. The molecule has 0 atom stereocenters. The van der Waals surface area contributed by atoms with Crippen LogP contribution in [0.1, 0.15) is 18.9 Å². The summed E-state index contributed by atoms with van der Waals surface area (Å²) in [5.41, 5.74) is 3.75. The quantitative estimate of drug-likeness (QED) is 0.357. The van der Waals surface area contributed by atoms with E-state index in [1.807, 2.05) is 54.6 Å². The second-order valence-electron chi connectivity index (χ2n) is 6.52. The maximum atomic E-state index is 5.99. The highest BCUT2D eigenvalue weighted by atomic mass is 35.5. The highest BCUT2D eigenvalue weighted by molar-refractivity contribution is 6.30. The van der Waals surface area contributed by atoms with E-state index in [0.717, 1.165) is 57.9 Å². The zero-order valence-corrected chi connectivity index (χ0v) is 16.5. The van der Waals surface area contributed by atoms with Gasteiger partial charge in [0.25, 0.3) is 0 Å². The zero-order valence-electron chi connectivity index (χ0n) is 15.7. The lowest BCUT2D eigenvalue weighted by Gasteiger charge is -2.11. The number of methoxy groups -OCH3 is 1. The minimum Gasteiger partial charge on any atom is -0.497 e. The standard InChI is InChI=1S/C23H20ClNO3/c1-3-4-15-13-19(27-17-7-5-16(24)6-8-17)9-11-20(15)23-21-14-18(26-2)10-12-22(21)28-25-23/h5-14H,3-4H2,1-2H3. The molecule has 3 aromatic carbocycles. The van der Waals surface area contributed by atoms with E-state index in [1.54, 1.807) is 7.11 Å². The molecule has 5 heteroatoms. The molecule has 0 aliphatic carbocycles. The molecule has 0 aliphatic rings. The van der Waals surface area contributed by atoms with Crippen LogP contribution in [-0.4, -0.2) is 12.3 Å². The molecule has 0 saturated carbocycles. The Kier molecular flexibility index (Phi) is 5.22. The number of aryl methyl sites for hydroxylation is 1. The lowest BCUT2D eigenvalue weighted by molar-refractivity contribution is 0.415. The molecule has 0 bridgehead atoms. The number of aromatic nitrogens is 1. The predicted molar refractivity (Wildman–Crippen MR) is 112 cm³/mol. The number of fused-ring (bicyclic) bond motifs is 1. The van der Waals surface area contributed by atoms with Gasteiger partial charge in [-0.05, 0) is 72.6 Å². The lowest BCUT2D eigenvalue weighted by atomic mass is 9.98. The number of rotatable bonds is 6. The van der Waals surface area contributed by atoms with Crippen molar-refractivity contribution < 1.29 is 14.0 Å². The minimum atomic E-state index is 0.683. The van der Waals surface area contributed by atoms with E-state index in [-0.39, 0.29) is 0 Å². The molecule has 0 amide bonds. The summed E-state index contributed by atoms with van der Waals surface area (Å²) >= 11 is 5.95. The van der Waals surface area contributed by atoms with Crippen molar-refractivity contribution in [3.05, 3.63) is 71.2 Å². The van der Waals surface area contributed by atoms with Crippen LogP contribution in [0.5, 0.6) is 17.2 Å². The molecular weight excluding hydrogens is 374 g/mol. The molecule has 0 saturated heterocycles. The third-order valence-corrected chi connectivity index (χ3v) is 4.83. The molecule has 0 aliphatic heterocycles. The fourth-order valence-corrected chi connectivity index (χ4v) is 3.34. The van der Waals surface area contributed by atoms with Crippen LogP contribution in [0.15, 0.2) is 65.2 Å². The highest BCUT2D eigenvalue weighted by Gasteiger charge is 2.15. The van der Waals surface area contributed by atoms with Gasteiger partial charge in [0, 0.05) is 10.6 Å². The minimum absolute atomic E-state index is 0.683. The van der Waals surface area contributed by atoms with Crippen LogP contribution in [-0.2, 0) is 6.42 Å². The summed E-state index contributed by atoms with van der Waals surface area (Å²) in [6.07, 6.45) is 1.92. The van der Waals surface area contributed by atoms with E-state index < -0.39 is 0 Å². The Hall–Kier alpha value is -2.98. The Morgan fingerprint density at radius 3 is 2.43 bits per heavy atom. The van der Waals surface area contributed by atoms with E-state index in [2.05, 4.69) is 18.1 Å². The molecule has 28 heavy (non-hydrogen) atoms. The maximum Gasteiger partial charge on any atom is 0.167 e. The van der Waals surface area contributed by atoms with Crippen molar-refractivity contribution in [3.8, 4) is 28.5 Å². The van der Waals surface area contributed by atoms with E-state index in [1.165, 1.54) is 0 Å². The Morgan fingerprint density at radius 1 is 0.929 bits per heavy atom. The van der Waals surface area contributed by atoms with Gasteiger partial charge in [-0.3, -0.25) is 0 Å². The van der Waals surface area contributed by atoms with Crippen molar-refractivity contribution in [2.45, 2.75) is 19.8 Å². The average Bonchev–Trinajstić information content (AvgIpc) is 3.13. The SMILES string of the molecule is CCCc1cc(Oc2ccc(Cl)cc2)ccc1-c1noc2ccc(OC)cc12. The Morgan fingerprint density at radius 2 is 1.68 bits per heavy atom. The first-order valence-electron chi connectivity index (χ1n) is 9.18. The summed E-state index contributed by atoms with van der Waals surface area (Å²) in [4.78, 5) is 0. The number of halogens is 1. The molecule has 142 valence electrons. The predicted octanol–water partition coefficient (Wildman–Crippen LogP) is 6.90. The van der Waals surface area contributed by atoms with Gasteiger partial charge in [-0.2, -0.15) is 0 Å². The summed E-state index contributed by atoms with van der Waals surface area (Å²) < 4.78 is 16.9. The van der Waals surface area contributed by atoms with Gasteiger partial charge < -0.3 is 14.0 Å². The smallest absolute Gasteiger partial charge is 0.167 e. The van der Waals surface area contributed by atoms with Crippen molar-refractivity contribution in [1.82, 2.24) is 5.16 Å². The van der Waals surface area contributed by atoms with Gasteiger partial charge in [0.2, 0.25) is 0 Å². The second kappa shape index (κ2) is 7.95. The fraction of sp³-hybridized carbons (Fsp3) is 0.174. The number of benzene rings is 3. The lowest BCUT2D eigenvalue weighted by Crippen LogP contribution is -1.93. The fourth-order valence-electron chi connectivity index (χ4n) is 3.22. The summed E-state index contributed by atoms with van der Waals surface area (Å²) in [6, 6.07) is 19.1. The van der Waals surface area contributed by atoms with Gasteiger partial charge in [0.15, 0.2) is 5.58 Å². The Bertz CT molecular complexity index is 1100. The van der Waals surface area contributed by atoms with Crippen LogP contribution in [0.25, 0.3) is 22.2 Å². The molecule has 4 nitrogen and oxygen atoms in total. The first-order chi connectivity index (χ1) is 13.7. The molecule has 1 heterocycles. The summed E-state index contributed by atoms with van der Waals surface area (Å²) in [7, 11) is 1.65. The van der Waals surface area contributed by atoms with Crippen molar-refractivity contribution in [1.29, 1.82) is 0 Å². The summed E-state index contributed by atoms with van der Waals surface area (Å²) in [5.74, 6) is 2.30. The van der Waals surface area contributed by atoms with E-state index in [0.29, 0.717) is 5.02 Å². The van der Waals surface area contributed by atoms with Crippen molar-refractivity contribution >= 4 is 22.6 Å². The third-order valence-electron chi connectivity index (χ3n) is 4.58. The van der Waals surface area contributed by atoms with Crippen LogP contribution >= 0.6 is 11.6 Å². The number of hydrogen-bond donors (Lipinski definition) is 0. The first-order valence-corrected chi connectivity index (χ1v) is 9.56. The van der Waals surface area contributed by atoms with Crippen LogP contribution in [0.3, 0.4) is 0 Å². The normalized spacial score (nSPS) is 11.0. The number of nitrogens with zero attached hydrogens (tertiary/aromatic N) is 1. The molecule has 4 aromatic rings. The average molecular weight is 394 g/mol. The molecule has 4 rings (SSSR count). The summed E-state index contributed by atoms with van der Waals surface area (Å²) in [6.45, 7) is 2.15. The van der Waals surface area contributed by atoms with Crippen molar-refractivity contribution in [2.75, 3.05) is 7.11 Å².